The molecule has 0 saturated heterocycles. The van der Waals surface area contributed by atoms with Gasteiger partial charge in [-0.2, -0.15) is 0 Å². The number of methoxy groups -OCH3 is 1. The molecule has 0 saturated carbocycles. The zero-order valence-corrected chi connectivity index (χ0v) is 18.1. The molecule has 3 aromatic carbocycles. The molecule has 2 heterocycles. The van der Waals surface area contributed by atoms with Crippen LogP contribution in [0.4, 0.5) is 0 Å². The molecule has 0 spiro atoms. The Bertz CT molecular complexity index is 1340. The molecule has 0 unspecified atom stereocenters. The van der Waals surface area contributed by atoms with Crippen LogP contribution in [0.2, 0.25) is 0 Å². The van der Waals surface area contributed by atoms with Crippen molar-refractivity contribution in [3.8, 4) is 39.4 Å². The van der Waals surface area contributed by atoms with Crippen LogP contribution >= 0.6 is 11.8 Å². The lowest BCUT2D eigenvalue weighted by atomic mass is 9.98. The molecular formula is C26H21N3OS. The number of nitrogens with zero attached hydrogens (tertiary/aromatic N) is 3. The summed E-state index contributed by atoms with van der Waals surface area (Å²) in [5, 5.41) is 0. The fourth-order valence-corrected chi connectivity index (χ4v) is 4.22. The fourth-order valence-electron chi connectivity index (χ4n) is 3.81. The third-order valence-electron chi connectivity index (χ3n) is 5.32. The van der Waals surface area contributed by atoms with Crippen molar-refractivity contribution in [3.63, 3.8) is 0 Å². The number of hydrogen-bond donors (Lipinski definition) is 0. The molecule has 0 atom stereocenters. The Morgan fingerprint density at radius 2 is 1.61 bits per heavy atom. The molecule has 0 aliphatic rings. The van der Waals surface area contributed by atoms with Crippen molar-refractivity contribution in [2.45, 2.75) is 4.90 Å². The summed E-state index contributed by atoms with van der Waals surface area (Å²) < 4.78 is 7.70. The van der Waals surface area contributed by atoms with E-state index in [1.807, 2.05) is 36.5 Å². The summed E-state index contributed by atoms with van der Waals surface area (Å²) in [6.07, 6.45) is 5.87. The second-order valence-electron chi connectivity index (χ2n) is 7.11. The van der Waals surface area contributed by atoms with Crippen LogP contribution < -0.4 is 4.74 Å². The first-order chi connectivity index (χ1) is 15.3. The van der Waals surface area contributed by atoms with Gasteiger partial charge in [-0.1, -0.05) is 42.5 Å². The van der Waals surface area contributed by atoms with E-state index < -0.39 is 0 Å². The highest BCUT2D eigenvalue weighted by molar-refractivity contribution is 7.98. The zero-order chi connectivity index (χ0) is 21.2. The van der Waals surface area contributed by atoms with Gasteiger partial charge in [-0.15, -0.1) is 11.8 Å². The van der Waals surface area contributed by atoms with Crippen molar-refractivity contribution in [2.24, 2.45) is 0 Å². The third kappa shape index (κ3) is 3.57. The first kappa shape index (κ1) is 19.4. The highest BCUT2D eigenvalue weighted by Crippen LogP contribution is 2.38. The van der Waals surface area contributed by atoms with Gasteiger partial charge in [0, 0.05) is 34.0 Å². The first-order valence-electron chi connectivity index (χ1n) is 10.00. The summed E-state index contributed by atoms with van der Waals surface area (Å²) in [5.74, 6) is 1.52. The average molecular weight is 424 g/mol. The van der Waals surface area contributed by atoms with E-state index in [4.69, 9.17) is 9.72 Å². The molecule has 0 fully saturated rings. The maximum atomic E-state index is 5.65. The molecule has 5 aromatic rings. The summed E-state index contributed by atoms with van der Waals surface area (Å²) in [6.45, 7) is 0. The average Bonchev–Trinajstić information content (AvgIpc) is 3.24. The normalized spacial score (nSPS) is 11.0. The minimum absolute atomic E-state index is 0.679. The number of rotatable bonds is 5. The third-order valence-corrected chi connectivity index (χ3v) is 6.07. The van der Waals surface area contributed by atoms with Crippen molar-refractivity contribution in [3.05, 3.63) is 91.3 Å². The number of aromatic nitrogens is 3. The molecule has 5 heteroatoms. The molecule has 2 aromatic heterocycles. The van der Waals surface area contributed by atoms with Gasteiger partial charge < -0.3 is 4.74 Å². The lowest BCUT2D eigenvalue weighted by Crippen LogP contribution is -1.92. The minimum Gasteiger partial charge on any atom is -0.496 e. The molecule has 5 rings (SSSR count). The second kappa shape index (κ2) is 8.28. The van der Waals surface area contributed by atoms with Crippen LogP contribution in [-0.4, -0.2) is 27.7 Å². The second-order valence-corrected chi connectivity index (χ2v) is 7.99. The summed E-state index contributed by atoms with van der Waals surface area (Å²) >= 11 is 1.73. The summed E-state index contributed by atoms with van der Waals surface area (Å²) in [5.41, 5.74) is 6.19. The Morgan fingerprint density at radius 3 is 2.35 bits per heavy atom. The highest BCUT2D eigenvalue weighted by Gasteiger charge is 2.18. The van der Waals surface area contributed by atoms with Gasteiger partial charge in [-0.05, 0) is 48.2 Å². The number of imidazole rings is 1. The van der Waals surface area contributed by atoms with Crippen molar-refractivity contribution in [2.75, 3.05) is 13.4 Å². The molecule has 0 N–H and O–H groups in total. The van der Waals surface area contributed by atoms with Gasteiger partial charge in [0.15, 0.2) is 0 Å². The Labute approximate surface area is 185 Å². The quantitative estimate of drug-likeness (QED) is 0.304. The SMILES string of the molecule is COc1ccc(-c2nc3ncccn3c2-c2ccc(SC)cc2)cc1-c1ccccc1. The summed E-state index contributed by atoms with van der Waals surface area (Å²) in [7, 11) is 1.70. The number of fused-ring (bicyclic) bond motifs is 1. The smallest absolute Gasteiger partial charge is 0.234 e. The van der Waals surface area contributed by atoms with E-state index in [9.17, 15) is 0 Å². The Kier molecular flexibility index (Phi) is 5.18. The zero-order valence-electron chi connectivity index (χ0n) is 17.3. The maximum absolute atomic E-state index is 5.65. The van der Waals surface area contributed by atoms with Crippen LogP contribution in [0.15, 0.2) is 96.2 Å². The minimum atomic E-state index is 0.679. The van der Waals surface area contributed by atoms with Crippen LogP contribution in [0.5, 0.6) is 5.75 Å². The molecular weight excluding hydrogens is 402 g/mol. The topological polar surface area (TPSA) is 39.4 Å². The van der Waals surface area contributed by atoms with Crippen molar-refractivity contribution >= 4 is 17.5 Å². The molecule has 0 bridgehead atoms. The maximum Gasteiger partial charge on any atom is 0.234 e. The van der Waals surface area contributed by atoms with Gasteiger partial charge in [0.25, 0.3) is 0 Å². The Balaban J connectivity index is 1.74. The number of thioether (sulfide) groups is 1. The molecule has 0 radical (unpaired) electrons. The van der Waals surface area contributed by atoms with Crippen LogP contribution in [0.3, 0.4) is 0 Å². The van der Waals surface area contributed by atoms with Gasteiger partial charge in [-0.25, -0.2) is 9.97 Å². The Morgan fingerprint density at radius 1 is 0.839 bits per heavy atom. The number of benzene rings is 3. The highest BCUT2D eigenvalue weighted by atomic mass is 32.2. The van der Waals surface area contributed by atoms with E-state index in [0.717, 1.165) is 39.4 Å². The van der Waals surface area contributed by atoms with E-state index in [2.05, 4.69) is 64.2 Å². The fraction of sp³-hybridized carbons (Fsp3) is 0.0769. The lowest BCUT2D eigenvalue weighted by molar-refractivity contribution is 0.416. The van der Waals surface area contributed by atoms with E-state index in [-0.39, 0.29) is 0 Å². The summed E-state index contributed by atoms with van der Waals surface area (Å²) in [6, 6.07) is 27.0. The molecule has 0 aliphatic heterocycles. The predicted molar refractivity (Wildman–Crippen MR) is 128 cm³/mol. The van der Waals surface area contributed by atoms with E-state index in [1.165, 1.54) is 4.90 Å². The Hall–Kier alpha value is -3.57. The molecule has 152 valence electrons. The number of ether oxygens (including phenoxy) is 1. The predicted octanol–water partition coefficient (Wildman–Crippen LogP) is 6.46. The largest absolute Gasteiger partial charge is 0.496 e. The standard InChI is InChI=1S/C26H21N3OS/c1-30-23-14-11-20(17-22(23)18-7-4-3-5-8-18)24-25(19-9-12-21(31-2)13-10-19)29-16-6-15-27-26(29)28-24/h3-17H,1-2H3. The molecule has 4 nitrogen and oxygen atoms in total. The lowest BCUT2D eigenvalue weighted by Gasteiger charge is -2.12. The van der Waals surface area contributed by atoms with E-state index in [0.29, 0.717) is 5.78 Å². The van der Waals surface area contributed by atoms with Gasteiger partial charge in [0.1, 0.15) is 5.75 Å². The molecule has 0 amide bonds. The van der Waals surface area contributed by atoms with Gasteiger partial charge in [0.2, 0.25) is 5.78 Å². The number of hydrogen-bond acceptors (Lipinski definition) is 4. The summed E-state index contributed by atoms with van der Waals surface area (Å²) in [4.78, 5) is 10.6. The molecule has 31 heavy (non-hydrogen) atoms. The van der Waals surface area contributed by atoms with Crippen LogP contribution in [-0.2, 0) is 0 Å². The van der Waals surface area contributed by atoms with Crippen LogP contribution in [0.25, 0.3) is 39.4 Å². The van der Waals surface area contributed by atoms with E-state index in [1.54, 1.807) is 25.1 Å². The first-order valence-corrected chi connectivity index (χ1v) is 11.2. The van der Waals surface area contributed by atoms with Gasteiger partial charge in [-0.3, -0.25) is 4.40 Å². The van der Waals surface area contributed by atoms with Gasteiger partial charge >= 0.3 is 0 Å². The van der Waals surface area contributed by atoms with Crippen molar-refractivity contribution < 1.29 is 4.74 Å². The van der Waals surface area contributed by atoms with Gasteiger partial charge in [0.05, 0.1) is 18.5 Å². The van der Waals surface area contributed by atoms with Crippen LogP contribution in [0.1, 0.15) is 0 Å². The monoisotopic (exact) mass is 423 g/mol. The van der Waals surface area contributed by atoms with Crippen molar-refractivity contribution in [1.82, 2.24) is 14.4 Å². The van der Waals surface area contributed by atoms with Crippen molar-refractivity contribution in [1.29, 1.82) is 0 Å². The van der Waals surface area contributed by atoms with E-state index >= 15 is 0 Å². The molecule has 0 aliphatic carbocycles. The van der Waals surface area contributed by atoms with Crippen LogP contribution in [0, 0.1) is 0 Å².